The lowest BCUT2D eigenvalue weighted by molar-refractivity contribution is -0.0224. The molecule has 94 valence electrons. The average molecular weight is 225 g/mol. The van der Waals surface area contributed by atoms with Crippen LogP contribution < -0.4 is 5.73 Å². The van der Waals surface area contributed by atoms with Crippen molar-refractivity contribution < 1.29 is 5.11 Å². The van der Waals surface area contributed by atoms with Gasteiger partial charge in [0.15, 0.2) is 0 Å². The van der Waals surface area contributed by atoms with Crippen molar-refractivity contribution in [3.8, 4) is 0 Å². The zero-order chi connectivity index (χ0) is 11.6. The first-order valence-electron chi connectivity index (χ1n) is 7.10. The molecule has 2 rings (SSSR count). The van der Waals surface area contributed by atoms with Crippen molar-refractivity contribution >= 4 is 0 Å². The zero-order valence-corrected chi connectivity index (χ0v) is 10.6. The van der Waals surface area contributed by atoms with Crippen LogP contribution in [0.15, 0.2) is 0 Å². The summed E-state index contributed by atoms with van der Waals surface area (Å²) in [5.74, 6) is 1.47. The minimum absolute atomic E-state index is 0.0748. The van der Waals surface area contributed by atoms with Gasteiger partial charge in [-0.2, -0.15) is 0 Å². The number of hydrogen-bond donors (Lipinski definition) is 2. The van der Waals surface area contributed by atoms with Gasteiger partial charge in [-0.05, 0) is 50.4 Å². The smallest absolute Gasteiger partial charge is 0.0636 e. The fourth-order valence-electron chi connectivity index (χ4n) is 3.48. The largest absolute Gasteiger partial charge is 0.392 e. The van der Waals surface area contributed by atoms with Gasteiger partial charge in [0.1, 0.15) is 0 Å². The van der Waals surface area contributed by atoms with E-state index >= 15 is 0 Å². The van der Waals surface area contributed by atoms with Gasteiger partial charge in [0, 0.05) is 12.0 Å². The Bertz CT molecular complexity index is 217. The number of rotatable bonds is 5. The summed E-state index contributed by atoms with van der Waals surface area (Å²) >= 11 is 0. The molecular formula is C14H27NO. The van der Waals surface area contributed by atoms with Crippen molar-refractivity contribution in [2.24, 2.45) is 23.0 Å². The van der Waals surface area contributed by atoms with Crippen LogP contribution in [0, 0.1) is 17.3 Å². The maximum absolute atomic E-state index is 10.4. The van der Waals surface area contributed by atoms with Crippen LogP contribution in [-0.4, -0.2) is 17.8 Å². The minimum Gasteiger partial charge on any atom is -0.392 e. The molecule has 0 heterocycles. The van der Waals surface area contributed by atoms with Crippen LogP contribution in [0.25, 0.3) is 0 Å². The molecule has 0 saturated heterocycles. The maximum Gasteiger partial charge on any atom is 0.0636 e. The Morgan fingerprint density at radius 3 is 2.31 bits per heavy atom. The molecule has 2 heteroatoms. The first kappa shape index (κ1) is 12.4. The molecule has 0 aromatic heterocycles. The van der Waals surface area contributed by atoms with Crippen LogP contribution in [0.1, 0.15) is 58.3 Å². The van der Waals surface area contributed by atoms with E-state index in [9.17, 15) is 5.11 Å². The highest BCUT2D eigenvalue weighted by Crippen LogP contribution is 2.49. The quantitative estimate of drug-likeness (QED) is 0.755. The van der Waals surface area contributed by atoms with Crippen LogP contribution >= 0.6 is 0 Å². The molecule has 0 aromatic carbocycles. The summed E-state index contributed by atoms with van der Waals surface area (Å²) in [7, 11) is 0. The van der Waals surface area contributed by atoms with Crippen LogP contribution in [0.3, 0.4) is 0 Å². The Morgan fingerprint density at radius 1 is 1.25 bits per heavy atom. The number of nitrogens with two attached hydrogens (primary N) is 1. The van der Waals surface area contributed by atoms with E-state index < -0.39 is 0 Å². The van der Waals surface area contributed by atoms with Crippen LogP contribution in [0.4, 0.5) is 0 Å². The van der Waals surface area contributed by atoms with Gasteiger partial charge in [-0.1, -0.05) is 19.8 Å². The van der Waals surface area contributed by atoms with E-state index in [1.165, 1.54) is 38.5 Å². The Morgan fingerprint density at radius 2 is 1.88 bits per heavy atom. The predicted molar refractivity (Wildman–Crippen MR) is 67.1 cm³/mol. The van der Waals surface area contributed by atoms with E-state index in [0.29, 0.717) is 12.5 Å². The van der Waals surface area contributed by atoms with Gasteiger partial charge in [-0.3, -0.25) is 0 Å². The second-order valence-corrected chi connectivity index (χ2v) is 6.08. The van der Waals surface area contributed by atoms with E-state index in [1.54, 1.807) is 0 Å². The molecule has 2 saturated carbocycles. The fourth-order valence-corrected chi connectivity index (χ4v) is 3.48. The first-order valence-corrected chi connectivity index (χ1v) is 7.10. The third-order valence-corrected chi connectivity index (χ3v) is 4.90. The van der Waals surface area contributed by atoms with E-state index in [2.05, 4.69) is 6.92 Å². The van der Waals surface area contributed by atoms with Crippen molar-refractivity contribution in [2.75, 3.05) is 6.54 Å². The Balaban J connectivity index is 1.91. The number of hydrogen-bond acceptors (Lipinski definition) is 2. The van der Waals surface area contributed by atoms with Gasteiger partial charge < -0.3 is 10.8 Å². The molecule has 3 N–H and O–H groups in total. The summed E-state index contributed by atoms with van der Waals surface area (Å²) in [6.45, 7) is 2.95. The first-order chi connectivity index (χ1) is 7.72. The lowest BCUT2D eigenvalue weighted by atomic mass is 9.65. The SMILES string of the molecule is CCCC1CCC(CN)(C(O)C2CC2)CC1. The molecule has 2 fully saturated rings. The van der Waals surface area contributed by atoms with Gasteiger partial charge in [0.25, 0.3) is 0 Å². The topological polar surface area (TPSA) is 46.2 Å². The molecule has 0 aliphatic heterocycles. The molecule has 1 atom stereocenters. The van der Waals surface area contributed by atoms with Gasteiger partial charge in [-0.15, -0.1) is 0 Å². The monoisotopic (exact) mass is 225 g/mol. The Labute approximate surface area is 99.6 Å². The lowest BCUT2D eigenvalue weighted by Crippen LogP contribution is -2.45. The van der Waals surface area contributed by atoms with E-state index in [0.717, 1.165) is 18.8 Å². The second kappa shape index (κ2) is 5.05. The van der Waals surface area contributed by atoms with Crippen LogP contribution in [-0.2, 0) is 0 Å². The third kappa shape index (κ3) is 2.43. The van der Waals surface area contributed by atoms with Crippen molar-refractivity contribution in [3.63, 3.8) is 0 Å². The fraction of sp³-hybridized carbons (Fsp3) is 1.00. The van der Waals surface area contributed by atoms with Crippen molar-refractivity contribution in [3.05, 3.63) is 0 Å². The van der Waals surface area contributed by atoms with Crippen molar-refractivity contribution in [1.82, 2.24) is 0 Å². The highest BCUT2D eigenvalue weighted by molar-refractivity contribution is 4.98. The second-order valence-electron chi connectivity index (χ2n) is 6.08. The standard InChI is InChI=1S/C14H27NO/c1-2-3-11-6-8-14(10-15,9-7-11)13(16)12-4-5-12/h11-13,16H,2-10,15H2,1H3. The molecule has 0 radical (unpaired) electrons. The molecule has 1 unspecified atom stereocenters. The van der Waals surface area contributed by atoms with Gasteiger partial charge >= 0.3 is 0 Å². The summed E-state index contributed by atoms with van der Waals surface area (Å²) < 4.78 is 0. The summed E-state index contributed by atoms with van der Waals surface area (Å²) in [6, 6.07) is 0. The van der Waals surface area contributed by atoms with E-state index in [1.807, 2.05) is 0 Å². The molecule has 0 bridgehead atoms. The molecular weight excluding hydrogens is 198 g/mol. The van der Waals surface area contributed by atoms with Crippen molar-refractivity contribution in [1.29, 1.82) is 0 Å². The molecule has 2 nitrogen and oxygen atoms in total. The zero-order valence-electron chi connectivity index (χ0n) is 10.6. The normalized spacial score (nSPS) is 37.3. The Kier molecular flexibility index (Phi) is 3.91. The summed E-state index contributed by atoms with van der Waals surface area (Å²) in [6.07, 6.45) is 9.88. The molecule has 0 spiro atoms. The highest BCUT2D eigenvalue weighted by atomic mass is 16.3. The molecule has 0 aromatic rings. The third-order valence-electron chi connectivity index (χ3n) is 4.90. The van der Waals surface area contributed by atoms with Gasteiger partial charge in [0.05, 0.1) is 6.10 Å². The van der Waals surface area contributed by atoms with Crippen molar-refractivity contribution in [2.45, 2.75) is 64.4 Å². The van der Waals surface area contributed by atoms with Crippen LogP contribution in [0.2, 0.25) is 0 Å². The highest BCUT2D eigenvalue weighted by Gasteiger charge is 2.46. The number of aliphatic hydroxyl groups excluding tert-OH is 1. The maximum atomic E-state index is 10.4. The summed E-state index contributed by atoms with van der Waals surface area (Å²) in [5, 5.41) is 10.4. The van der Waals surface area contributed by atoms with E-state index in [-0.39, 0.29) is 11.5 Å². The molecule has 2 aliphatic rings. The summed E-state index contributed by atoms with van der Waals surface area (Å²) in [4.78, 5) is 0. The summed E-state index contributed by atoms with van der Waals surface area (Å²) in [5.41, 5.74) is 6.04. The Hall–Kier alpha value is -0.0800. The molecule has 2 aliphatic carbocycles. The van der Waals surface area contributed by atoms with Gasteiger partial charge in [-0.25, -0.2) is 0 Å². The molecule has 0 amide bonds. The van der Waals surface area contributed by atoms with Crippen LogP contribution in [0.5, 0.6) is 0 Å². The van der Waals surface area contributed by atoms with E-state index in [4.69, 9.17) is 5.73 Å². The minimum atomic E-state index is -0.111. The number of aliphatic hydroxyl groups is 1. The average Bonchev–Trinajstić information content (AvgIpc) is 3.14. The predicted octanol–water partition coefficient (Wildman–Crippen LogP) is 2.69. The molecule has 16 heavy (non-hydrogen) atoms. The lowest BCUT2D eigenvalue weighted by Gasteiger charge is -2.43. The van der Waals surface area contributed by atoms with Gasteiger partial charge in [0.2, 0.25) is 0 Å².